The van der Waals surface area contributed by atoms with E-state index in [0.29, 0.717) is 19.2 Å². The first-order valence-corrected chi connectivity index (χ1v) is 12.7. The van der Waals surface area contributed by atoms with Crippen molar-refractivity contribution in [2.75, 3.05) is 54.6 Å². The summed E-state index contributed by atoms with van der Waals surface area (Å²) in [6.07, 6.45) is 6.44. The first kappa shape index (κ1) is 23.8. The summed E-state index contributed by atoms with van der Waals surface area (Å²) in [7, 11) is 0. The number of anilines is 3. The molecule has 2 aliphatic rings. The number of hydrogen-bond acceptors (Lipinski definition) is 9. The Labute approximate surface area is 212 Å². The summed E-state index contributed by atoms with van der Waals surface area (Å²) in [4.78, 5) is 18.4. The number of hydrogen-bond donors (Lipinski definition) is 1. The zero-order valence-electron chi connectivity index (χ0n) is 20.8. The minimum atomic E-state index is 0.471. The molecule has 0 amide bonds. The monoisotopic (exact) mass is 487 g/mol. The van der Waals surface area contributed by atoms with E-state index in [1.54, 1.807) is 6.21 Å². The fourth-order valence-corrected chi connectivity index (χ4v) is 4.37. The van der Waals surface area contributed by atoms with Gasteiger partial charge in [-0.05, 0) is 74.1 Å². The van der Waals surface area contributed by atoms with Crippen molar-refractivity contribution in [1.29, 1.82) is 0 Å². The average Bonchev–Trinajstić information content (AvgIpc) is 3.64. The number of benzene rings is 2. The van der Waals surface area contributed by atoms with Crippen LogP contribution in [-0.4, -0.2) is 60.6 Å². The molecule has 9 nitrogen and oxygen atoms in total. The zero-order valence-corrected chi connectivity index (χ0v) is 20.8. The van der Waals surface area contributed by atoms with Crippen LogP contribution in [0, 0.1) is 6.92 Å². The molecule has 0 bridgehead atoms. The number of rotatable bonds is 10. The first-order chi connectivity index (χ1) is 17.7. The first-order valence-electron chi connectivity index (χ1n) is 12.7. The van der Waals surface area contributed by atoms with Gasteiger partial charge in [0.15, 0.2) is 0 Å². The largest absolute Gasteiger partial charge is 0.490 e. The predicted molar refractivity (Wildman–Crippen MR) is 143 cm³/mol. The van der Waals surface area contributed by atoms with Crippen molar-refractivity contribution in [1.82, 2.24) is 15.0 Å². The van der Waals surface area contributed by atoms with E-state index in [9.17, 15) is 0 Å². The number of ether oxygens (including phenoxy) is 2. The molecule has 1 N–H and O–H groups in total. The van der Waals surface area contributed by atoms with E-state index in [0.717, 1.165) is 60.7 Å². The van der Waals surface area contributed by atoms with E-state index in [-0.39, 0.29) is 0 Å². The van der Waals surface area contributed by atoms with Crippen LogP contribution < -0.4 is 24.7 Å². The van der Waals surface area contributed by atoms with E-state index >= 15 is 0 Å². The van der Waals surface area contributed by atoms with Crippen molar-refractivity contribution >= 4 is 24.1 Å². The Balaban J connectivity index is 1.15. The molecule has 9 heteroatoms. The van der Waals surface area contributed by atoms with Gasteiger partial charge in [0.25, 0.3) is 0 Å². The van der Waals surface area contributed by atoms with Crippen molar-refractivity contribution in [3.05, 3.63) is 59.7 Å². The lowest BCUT2D eigenvalue weighted by Gasteiger charge is -2.20. The Kier molecular flexibility index (Phi) is 7.75. The molecule has 2 aliphatic heterocycles. The van der Waals surface area contributed by atoms with Gasteiger partial charge in [0.1, 0.15) is 24.7 Å². The molecule has 188 valence electrons. The second-order valence-corrected chi connectivity index (χ2v) is 9.05. The quantitative estimate of drug-likeness (QED) is 0.258. The smallest absolute Gasteiger partial charge is 0.250 e. The summed E-state index contributed by atoms with van der Waals surface area (Å²) >= 11 is 0. The average molecular weight is 488 g/mol. The second kappa shape index (κ2) is 11.7. The lowest BCUT2D eigenvalue weighted by molar-refractivity contribution is 0.216. The van der Waals surface area contributed by atoms with Gasteiger partial charge in [-0.1, -0.05) is 18.2 Å². The summed E-state index contributed by atoms with van der Waals surface area (Å²) in [5.74, 6) is 3.61. The highest BCUT2D eigenvalue weighted by Gasteiger charge is 2.21. The molecule has 2 saturated heterocycles. The third-order valence-corrected chi connectivity index (χ3v) is 6.35. The summed E-state index contributed by atoms with van der Waals surface area (Å²) < 4.78 is 11.6. The van der Waals surface area contributed by atoms with E-state index < -0.39 is 0 Å². The molecule has 1 aromatic heterocycles. The fourth-order valence-electron chi connectivity index (χ4n) is 4.37. The van der Waals surface area contributed by atoms with Crippen LogP contribution in [-0.2, 0) is 0 Å². The van der Waals surface area contributed by atoms with E-state index in [2.05, 4.69) is 30.3 Å². The standard InChI is InChI=1S/C27H33N7O2/c1-21-8-2-3-9-24(21)36-19-18-35-23-12-10-22(11-13-23)20-28-32-25-29-26(33-14-4-5-15-33)31-27(30-25)34-16-6-7-17-34/h2-3,8-13,20H,4-7,14-19H2,1H3,(H,29,30,31,32)/b28-20+. The molecular weight excluding hydrogens is 454 g/mol. The van der Waals surface area contributed by atoms with Crippen molar-refractivity contribution in [2.45, 2.75) is 32.6 Å². The van der Waals surface area contributed by atoms with Crippen molar-refractivity contribution in [2.24, 2.45) is 5.10 Å². The molecule has 0 aliphatic carbocycles. The Morgan fingerprint density at radius 2 is 1.42 bits per heavy atom. The van der Waals surface area contributed by atoms with Gasteiger partial charge in [-0.15, -0.1) is 0 Å². The van der Waals surface area contributed by atoms with Crippen LogP contribution in [0.25, 0.3) is 0 Å². The van der Waals surface area contributed by atoms with Gasteiger partial charge in [-0.3, -0.25) is 0 Å². The molecule has 0 spiro atoms. The summed E-state index contributed by atoms with van der Waals surface area (Å²) in [6, 6.07) is 15.7. The maximum atomic E-state index is 5.80. The Hall–Kier alpha value is -3.88. The molecule has 2 fully saturated rings. The molecule has 36 heavy (non-hydrogen) atoms. The SMILES string of the molecule is Cc1ccccc1OCCOc1ccc(/C=N/Nc2nc(N3CCCC3)nc(N3CCCC3)n2)cc1. The van der Waals surface area contributed by atoms with Crippen LogP contribution in [0.5, 0.6) is 11.5 Å². The van der Waals surface area contributed by atoms with Crippen molar-refractivity contribution in [3.63, 3.8) is 0 Å². The van der Waals surface area contributed by atoms with Gasteiger partial charge in [-0.25, -0.2) is 5.43 Å². The number of aromatic nitrogens is 3. The highest BCUT2D eigenvalue weighted by Crippen LogP contribution is 2.23. The predicted octanol–water partition coefficient (Wildman–Crippen LogP) is 4.28. The summed E-state index contributed by atoms with van der Waals surface area (Å²) in [5.41, 5.74) is 5.06. The van der Waals surface area contributed by atoms with Gasteiger partial charge in [0.05, 0.1) is 6.21 Å². The molecule has 0 atom stereocenters. The number of para-hydroxylation sites is 1. The van der Waals surface area contributed by atoms with Gasteiger partial charge in [0, 0.05) is 26.2 Å². The maximum Gasteiger partial charge on any atom is 0.250 e. The second-order valence-electron chi connectivity index (χ2n) is 9.05. The molecule has 5 rings (SSSR count). The Morgan fingerprint density at radius 1 is 0.806 bits per heavy atom. The van der Waals surface area contributed by atoms with Crippen LogP contribution >= 0.6 is 0 Å². The third-order valence-electron chi connectivity index (χ3n) is 6.35. The van der Waals surface area contributed by atoms with Crippen LogP contribution in [0.4, 0.5) is 17.8 Å². The number of hydrazone groups is 1. The van der Waals surface area contributed by atoms with E-state index in [1.807, 2.05) is 55.5 Å². The fraction of sp³-hybridized carbons (Fsp3) is 0.407. The Morgan fingerprint density at radius 3 is 2.06 bits per heavy atom. The minimum Gasteiger partial charge on any atom is -0.490 e. The summed E-state index contributed by atoms with van der Waals surface area (Å²) in [6.45, 7) is 6.93. The molecular formula is C27H33N7O2. The van der Waals surface area contributed by atoms with Gasteiger partial charge in [0.2, 0.25) is 17.8 Å². The number of aryl methyl sites for hydroxylation is 1. The topological polar surface area (TPSA) is 88.0 Å². The molecule has 3 heterocycles. The zero-order chi connectivity index (χ0) is 24.6. The minimum absolute atomic E-state index is 0.471. The highest BCUT2D eigenvalue weighted by molar-refractivity contribution is 5.80. The molecule has 0 saturated carbocycles. The number of nitrogens with one attached hydrogen (secondary N) is 1. The molecule has 2 aromatic carbocycles. The van der Waals surface area contributed by atoms with Crippen LogP contribution in [0.2, 0.25) is 0 Å². The normalized spacial score (nSPS) is 15.6. The van der Waals surface area contributed by atoms with Gasteiger partial charge >= 0.3 is 0 Å². The van der Waals surface area contributed by atoms with E-state index in [1.165, 1.54) is 25.7 Å². The third kappa shape index (κ3) is 6.21. The van der Waals surface area contributed by atoms with Crippen LogP contribution in [0.3, 0.4) is 0 Å². The highest BCUT2D eigenvalue weighted by atomic mass is 16.5. The van der Waals surface area contributed by atoms with Gasteiger partial charge < -0.3 is 19.3 Å². The molecule has 3 aromatic rings. The lowest BCUT2D eigenvalue weighted by atomic mass is 10.2. The Bertz CT molecular complexity index is 1120. The van der Waals surface area contributed by atoms with Crippen LogP contribution in [0.15, 0.2) is 53.6 Å². The summed E-state index contributed by atoms with van der Waals surface area (Å²) in [5, 5.41) is 4.37. The molecule has 0 radical (unpaired) electrons. The lowest BCUT2D eigenvalue weighted by Crippen LogP contribution is -2.25. The maximum absolute atomic E-state index is 5.80. The van der Waals surface area contributed by atoms with Crippen LogP contribution in [0.1, 0.15) is 36.8 Å². The number of nitrogens with zero attached hydrogens (tertiary/aromatic N) is 6. The van der Waals surface area contributed by atoms with Crippen molar-refractivity contribution in [3.8, 4) is 11.5 Å². The van der Waals surface area contributed by atoms with Gasteiger partial charge in [-0.2, -0.15) is 20.1 Å². The molecule has 0 unspecified atom stereocenters. The van der Waals surface area contributed by atoms with Crippen molar-refractivity contribution < 1.29 is 9.47 Å². The van der Waals surface area contributed by atoms with E-state index in [4.69, 9.17) is 14.5 Å².